The largest absolute Gasteiger partial charge is 0.377 e. The first-order valence-corrected chi connectivity index (χ1v) is 8.53. The van der Waals surface area contributed by atoms with Crippen molar-refractivity contribution in [2.45, 2.75) is 71.9 Å². The second-order valence-corrected chi connectivity index (χ2v) is 6.32. The monoisotopic (exact) mass is 291 g/mol. The van der Waals surface area contributed by atoms with Crippen LogP contribution >= 0.6 is 0 Å². The third-order valence-corrected chi connectivity index (χ3v) is 3.79. The molecule has 120 valence electrons. The van der Waals surface area contributed by atoms with Crippen molar-refractivity contribution in [3.05, 3.63) is 35.4 Å². The van der Waals surface area contributed by atoms with E-state index < -0.39 is 0 Å². The molecule has 0 aromatic heterocycles. The molecule has 0 spiro atoms. The van der Waals surface area contributed by atoms with Crippen LogP contribution in [0.1, 0.15) is 70.4 Å². The Labute approximate surface area is 131 Å². The molecular weight excluding hydrogens is 258 g/mol. The summed E-state index contributed by atoms with van der Waals surface area (Å²) in [4.78, 5) is 0. The Balaban J connectivity index is 2.26. The van der Waals surface area contributed by atoms with Gasteiger partial charge in [0.25, 0.3) is 0 Å². The lowest BCUT2D eigenvalue weighted by Crippen LogP contribution is -2.26. The average Bonchev–Trinajstić information content (AvgIpc) is 2.49. The van der Waals surface area contributed by atoms with Crippen LogP contribution in [-0.2, 0) is 11.3 Å². The highest BCUT2D eigenvalue weighted by Gasteiger charge is 2.06. The number of rotatable bonds is 11. The predicted molar refractivity (Wildman–Crippen MR) is 91.8 cm³/mol. The van der Waals surface area contributed by atoms with Crippen LogP contribution in [0.25, 0.3) is 0 Å². The van der Waals surface area contributed by atoms with Gasteiger partial charge in [-0.25, -0.2) is 0 Å². The van der Waals surface area contributed by atoms with Crippen LogP contribution < -0.4 is 5.32 Å². The maximum Gasteiger partial charge on any atom is 0.0716 e. The van der Waals surface area contributed by atoms with Gasteiger partial charge in [-0.05, 0) is 23.5 Å². The lowest BCUT2D eigenvalue weighted by atomic mass is 9.99. The highest BCUT2D eigenvalue weighted by Crippen LogP contribution is 2.16. The third-order valence-electron chi connectivity index (χ3n) is 3.79. The van der Waals surface area contributed by atoms with Crippen molar-refractivity contribution in [2.24, 2.45) is 0 Å². The van der Waals surface area contributed by atoms with Gasteiger partial charge >= 0.3 is 0 Å². The fourth-order valence-corrected chi connectivity index (χ4v) is 2.29. The molecule has 21 heavy (non-hydrogen) atoms. The van der Waals surface area contributed by atoms with Crippen LogP contribution in [0, 0.1) is 0 Å². The highest BCUT2D eigenvalue weighted by molar-refractivity contribution is 5.24. The van der Waals surface area contributed by atoms with E-state index in [1.54, 1.807) is 0 Å². The number of benzene rings is 1. The van der Waals surface area contributed by atoms with Crippen LogP contribution in [-0.4, -0.2) is 19.2 Å². The van der Waals surface area contributed by atoms with Gasteiger partial charge in [-0.2, -0.15) is 0 Å². The Hall–Kier alpha value is -0.860. The van der Waals surface area contributed by atoms with Gasteiger partial charge in [-0.15, -0.1) is 0 Å². The lowest BCUT2D eigenvalue weighted by molar-refractivity contribution is 0.117. The van der Waals surface area contributed by atoms with Gasteiger partial charge in [-0.3, -0.25) is 0 Å². The Morgan fingerprint density at radius 2 is 1.71 bits per heavy atom. The zero-order valence-electron chi connectivity index (χ0n) is 14.3. The van der Waals surface area contributed by atoms with Gasteiger partial charge in [0.05, 0.1) is 6.61 Å². The van der Waals surface area contributed by atoms with Gasteiger partial charge in [0, 0.05) is 19.2 Å². The number of hydrogen-bond donors (Lipinski definition) is 1. The van der Waals surface area contributed by atoms with E-state index in [2.05, 4.69) is 57.3 Å². The molecule has 2 nitrogen and oxygen atoms in total. The summed E-state index contributed by atoms with van der Waals surface area (Å²) in [6, 6.07) is 9.43. The van der Waals surface area contributed by atoms with Crippen molar-refractivity contribution in [2.75, 3.05) is 13.2 Å². The van der Waals surface area contributed by atoms with E-state index in [-0.39, 0.29) is 0 Å². The fraction of sp³-hybridized carbons (Fsp3) is 0.684. The minimum Gasteiger partial charge on any atom is -0.377 e. The molecule has 1 atom stereocenters. The van der Waals surface area contributed by atoms with Crippen molar-refractivity contribution < 1.29 is 4.74 Å². The molecule has 0 heterocycles. The number of ether oxygens (including phenoxy) is 1. The Kier molecular flexibility index (Phi) is 9.36. The molecule has 0 fully saturated rings. The van der Waals surface area contributed by atoms with E-state index >= 15 is 0 Å². The van der Waals surface area contributed by atoms with Gasteiger partial charge in [0.15, 0.2) is 0 Å². The Bertz CT molecular complexity index is 358. The molecule has 1 rings (SSSR count). The highest BCUT2D eigenvalue weighted by atomic mass is 16.5. The maximum absolute atomic E-state index is 5.73. The normalized spacial score (nSPS) is 12.8. The third kappa shape index (κ3) is 8.23. The molecule has 0 radical (unpaired) electrons. The minimum absolute atomic E-state index is 0.549. The van der Waals surface area contributed by atoms with Crippen molar-refractivity contribution in [1.29, 1.82) is 0 Å². The van der Waals surface area contributed by atoms with Crippen LogP contribution in [0.5, 0.6) is 0 Å². The molecule has 0 aliphatic rings. The molecule has 0 aliphatic heterocycles. The summed E-state index contributed by atoms with van der Waals surface area (Å²) in [5.74, 6) is 0.552. The summed E-state index contributed by atoms with van der Waals surface area (Å²) < 4.78 is 5.73. The van der Waals surface area contributed by atoms with Crippen LogP contribution in [0.15, 0.2) is 24.3 Å². The minimum atomic E-state index is 0.549. The molecule has 1 unspecified atom stereocenters. The smallest absolute Gasteiger partial charge is 0.0716 e. The quantitative estimate of drug-likeness (QED) is 0.586. The van der Waals surface area contributed by atoms with Crippen molar-refractivity contribution in [1.82, 2.24) is 5.32 Å². The summed E-state index contributed by atoms with van der Waals surface area (Å²) in [6.07, 6.45) is 5.07. The topological polar surface area (TPSA) is 21.3 Å². The van der Waals surface area contributed by atoms with Gasteiger partial charge in [0.2, 0.25) is 0 Å². The SMILES string of the molecule is CCCCCCOCc1ccc(C(C)CNC(C)C)cc1. The second kappa shape index (κ2) is 10.8. The Morgan fingerprint density at radius 3 is 2.33 bits per heavy atom. The summed E-state index contributed by atoms with van der Waals surface area (Å²) in [5, 5.41) is 3.49. The molecule has 0 bridgehead atoms. The molecule has 0 saturated carbocycles. The number of unbranched alkanes of at least 4 members (excludes halogenated alkanes) is 3. The average molecular weight is 291 g/mol. The zero-order valence-corrected chi connectivity index (χ0v) is 14.3. The van der Waals surface area contributed by atoms with Crippen molar-refractivity contribution in [3.8, 4) is 0 Å². The molecule has 1 aromatic carbocycles. The van der Waals surface area contributed by atoms with E-state index in [1.165, 1.54) is 36.8 Å². The fourth-order valence-electron chi connectivity index (χ4n) is 2.29. The van der Waals surface area contributed by atoms with Gasteiger partial charge in [-0.1, -0.05) is 71.2 Å². The molecular formula is C19H33NO. The van der Waals surface area contributed by atoms with E-state index in [0.717, 1.165) is 19.8 Å². The van der Waals surface area contributed by atoms with Crippen LogP contribution in [0.4, 0.5) is 0 Å². The molecule has 2 heteroatoms. The molecule has 0 amide bonds. The standard InChI is InChI=1S/C19H33NO/c1-5-6-7-8-13-21-15-18-9-11-19(12-10-18)17(4)14-20-16(2)3/h9-12,16-17,20H,5-8,13-15H2,1-4H3. The summed E-state index contributed by atoms with van der Waals surface area (Å²) in [7, 11) is 0. The van der Waals surface area contributed by atoms with Gasteiger partial charge in [0.1, 0.15) is 0 Å². The van der Waals surface area contributed by atoms with Crippen LogP contribution in [0.3, 0.4) is 0 Å². The summed E-state index contributed by atoms with van der Waals surface area (Å²) in [5.41, 5.74) is 2.67. The van der Waals surface area contributed by atoms with Gasteiger partial charge < -0.3 is 10.1 Å². The Morgan fingerprint density at radius 1 is 1.00 bits per heavy atom. The zero-order chi connectivity index (χ0) is 15.5. The van der Waals surface area contributed by atoms with Crippen molar-refractivity contribution >= 4 is 0 Å². The van der Waals surface area contributed by atoms with Crippen LogP contribution in [0.2, 0.25) is 0 Å². The molecule has 0 saturated heterocycles. The van der Waals surface area contributed by atoms with Crippen molar-refractivity contribution in [3.63, 3.8) is 0 Å². The molecule has 0 aliphatic carbocycles. The second-order valence-electron chi connectivity index (χ2n) is 6.32. The first-order valence-electron chi connectivity index (χ1n) is 8.53. The molecule has 1 N–H and O–H groups in total. The summed E-state index contributed by atoms with van der Waals surface area (Å²) in [6.45, 7) is 11.5. The van der Waals surface area contributed by atoms with E-state index in [1.807, 2.05) is 0 Å². The first kappa shape index (κ1) is 18.2. The first-order chi connectivity index (χ1) is 10.1. The van der Waals surface area contributed by atoms with E-state index in [0.29, 0.717) is 12.0 Å². The number of nitrogens with one attached hydrogen (secondary N) is 1. The lowest BCUT2D eigenvalue weighted by Gasteiger charge is -2.15. The summed E-state index contributed by atoms with van der Waals surface area (Å²) >= 11 is 0. The van der Waals surface area contributed by atoms with E-state index in [4.69, 9.17) is 4.74 Å². The maximum atomic E-state index is 5.73. The van der Waals surface area contributed by atoms with E-state index in [9.17, 15) is 0 Å². The molecule has 1 aromatic rings. The number of hydrogen-bond acceptors (Lipinski definition) is 2. The predicted octanol–water partition coefficient (Wildman–Crippen LogP) is 4.89.